The van der Waals surface area contributed by atoms with E-state index < -0.39 is 0 Å². The number of azo groups is 1. The molecule has 19 heavy (non-hydrogen) atoms. The molecule has 0 atom stereocenters. The van der Waals surface area contributed by atoms with E-state index in [-0.39, 0.29) is 5.82 Å². The number of ether oxygens (including phenoxy) is 1. The molecule has 0 aliphatic heterocycles. The molecule has 0 spiro atoms. The second-order valence-electron chi connectivity index (χ2n) is 3.87. The van der Waals surface area contributed by atoms with Gasteiger partial charge in [-0.15, -0.1) is 5.11 Å². The van der Waals surface area contributed by atoms with Crippen LogP contribution in [0.4, 0.5) is 23.0 Å². The van der Waals surface area contributed by atoms with Crippen molar-refractivity contribution in [1.29, 1.82) is 0 Å². The van der Waals surface area contributed by atoms with E-state index in [2.05, 4.69) is 15.3 Å². The van der Waals surface area contributed by atoms with Crippen LogP contribution >= 0.6 is 0 Å². The number of nitrogens with two attached hydrogens (primary N) is 2. The van der Waals surface area contributed by atoms with Gasteiger partial charge >= 0.3 is 0 Å². The summed E-state index contributed by atoms with van der Waals surface area (Å²) in [5, 5.41) is 12.0. The molecule has 0 saturated carbocycles. The molecule has 0 aliphatic carbocycles. The number of anilines is 2. The Balaban J connectivity index is 2.18. The zero-order valence-corrected chi connectivity index (χ0v) is 10.9. The number of benzene rings is 1. The highest BCUT2D eigenvalue weighted by atomic mass is 16.5. The molecule has 4 N–H and O–H groups in total. The van der Waals surface area contributed by atoms with Crippen molar-refractivity contribution in [2.75, 3.05) is 18.1 Å². The van der Waals surface area contributed by atoms with Crippen LogP contribution in [0.3, 0.4) is 0 Å². The highest BCUT2D eigenvalue weighted by Gasteiger charge is 2.09. The first kappa shape index (κ1) is 12.9. The average Bonchev–Trinajstić information content (AvgIpc) is 2.64. The molecule has 2 rings (SSSR count). The molecule has 7 nitrogen and oxygen atoms in total. The van der Waals surface area contributed by atoms with Crippen molar-refractivity contribution >= 4 is 23.0 Å². The van der Waals surface area contributed by atoms with Crippen molar-refractivity contribution in [3.05, 3.63) is 24.3 Å². The molecule has 0 bridgehead atoms. The van der Waals surface area contributed by atoms with Crippen molar-refractivity contribution in [3.8, 4) is 5.75 Å². The standard InChI is InChI=1S/C12H16N6O/c1-3-19-9-6-4-8(5-7-9)15-16-10-11(13)17-18(2)12(10)14/h4-7H,3,14H2,1-2H3,(H2,13,17). The molecule has 0 aliphatic rings. The number of hydrogen-bond acceptors (Lipinski definition) is 6. The second-order valence-corrected chi connectivity index (χ2v) is 3.87. The van der Waals surface area contributed by atoms with Crippen LogP contribution in [0.15, 0.2) is 34.5 Å². The lowest BCUT2D eigenvalue weighted by molar-refractivity contribution is 0.340. The third kappa shape index (κ3) is 2.82. The van der Waals surface area contributed by atoms with Crippen LogP contribution in [0.5, 0.6) is 5.75 Å². The van der Waals surface area contributed by atoms with Gasteiger partial charge in [0.2, 0.25) is 0 Å². The van der Waals surface area contributed by atoms with Gasteiger partial charge in [-0.05, 0) is 31.2 Å². The largest absolute Gasteiger partial charge is 0.494 e. The van der Waals surface area contributed by atoms with E-state index in [0.717, 1.165) is 5.75 Å². The lowest BCUT2D eigenvalue weighted by atomic mass is 10.3. The number of hydrogen-bond donors (Lipinski definition) is 2. The zero-order valence-electron chi connectivity index (χ0n) is 10.9. The van der Waals surface area contributed by atoms with Crippen molar-refractivity contribution in [1.82, 2.24) is 9.78 Å². The Morgan fingerprint density at radius 2 is 1.89 bits per heavy atom. The molecule has 0 amide bonds. The molecule has 2 aromatic rings. The van der Waals surface area contributed by atoms with E-state index in [1.165, 1.54) is 4.68 Å². The number of nitrogen functional groups attached to an aromatic ring is 2. The van der Waals surface area contributed by atoms with Gasteiger partial charge in [-0.25, -0.2) is 4.68 Å². The van der Waals surface area contributed by atoms with Crippen LogP contribution in [-0.4, -0.2) is 16.4 Å². The lowest BCUT2D eigenvalue weighted by Gasteiger charge is -2.01. The Morgan fingerprint density at radius 3 is 2.42 bits per heavy atom. The second kappa shape index (κ2) is 5.38. The maximum absolute atomic E-state index is 5.78. The van der Waals surface area contributed by atoms with Crippen LogP contribution in [0.25, 0.3) is 0 Å². The molecule has 1 heterocycles. The van der Waals surface area contributed by atoms with Crippen LogP contribution in [0, 0.1) is 0 Å². The molecular weight excluding hydrogens is 244 g/mol. The van der Waals surface area contributed by atoms with Gasteiger partial charge < -0.3 is 16.2 Å². The fourth-order valence-electron chi connectivity index (χ4n) is 1.53. The molecular formula is C12H16N6O. The smallest absolute Gasteiger partial charge is 0.175 e. The van der Waals surface area contributed by atoms with E-state index in [1.807, 2.05) is 19.1 Å². The number of aromatic nitrogens is 2. The van der Waals surface area contributed by atoms with Crippen LogP contribution in [-0.2, 0) is 7.05 Å². The van der Waals surface area contributed by atoms with Crippen molar-refractivity contribution in [2.45, 2.75) is 6.92 Å². The maximum atomic E-state index is 5.78. The highest BCUT2D eigenvalue weighted by molar-refractivity contribution is 5.71. The summed E-state index contributed by atoms with van der Waals surface area (Å²) in [5.41, 5.74) is 12.5. The maximum Gasteiger partial charge on any atom is 0.175 e. The minimum atomic E-state index is 0.259. The first-order valence-electron chi connectivity index (χ1n) is 5.84. The van der Waals surface area contributed by atoms with E-state index in [9.17, 15) is 0 Å². The first-order valence-corrected chi connectivity index (χ1v) is 5.84. The fraction of sp³-hybridized carbons (Fsp3) is 0.250. The van der Waals surface area contributed by atoms with E-state index in [0.29, 0.717) is 23.8 Å². The Labute approximate surface area is 110 Å². The quantitative estimate of drug-likeness (QED) is 0.823. The van der Waals surface area contributed by atoms with Crippen molar-refractivity contribution in [2.24, 2.45) is 17.3 Å². The summed E-state index contributed by atoms with van der Waals surface area (Å²) in [5.74, 6) is 1.43. The SMILES string of the molecule is CCOc1ccc(N=Nc2c(N)nn(C)c2N)cc1. The predicted molar refractivity (Wildman–Crippen MR) is 73.8 cm³/mol. The number of nitrogens with zero attached hydrogens (tertiary/aromatic N) is 4. The van der Waals surface area contributed by atoms with Crippen LogP contribution in [0.2, 0.25) is 0 Å². The van der Waals surface area contributed by atoms with E-state index in [1.54, 1.807) is 19.2 Å². The first-order chi connectivity index (χ1) is 9.11. The van der Waals surface area contributed by atoms with Crippen molar-refractivity contribution in [3.63, 3.8) is 0 Å². The highest BCUT2D eigenvalue weighted by Crippen LogP contribution is 2.30. The topological polar surface area (TPSA) is 104 Å². The van der Waals surface area contributed by atoms with Crippen LogP contribution in [0.1, 0.15) is 6.92 Å². The van der Waals surface area contributed by atoms with Gasteiger partial charge in [-0.1, -0.05) is 0 Å². The van der Waals surface area contributed by atoms with Crippen LogP contribution < -0.4 is 16.2 Å². The fourth-order valence-corrected chi connectivity index (χ4v) is 1.53. The van der Waals surface area contributed by atoms with Gasteiger partial charge in [0.25, 0.3) is 0 Å². The van der Waals surface area contributed by atoms with Gasteiger partial charge in [0, 0.05) is 7.05 Å². The minimum absolute atomic E-state index is 0.259. The monoisotopic (exact) mass is 260 g/mol. The van der Waals surface area contributed by atoms with E-state index in [4.69, 9.17) is 16.2 Å². The summed E-state index contributed by atoms with van der Waals surface area (Å²) in [6.07, 6.45) is 0. The molecule has 0 radical (unpaired) electrons. The minimum Gasteiger partial charge on any atom is -0.494 e. The predicted octanol–water partition coefficient (Wildman–Crippen LogP) is 2.40. The van der Waals surface area contributed by atoms with Gasteiger partial charge in [0.15, 0.2) is 17.3 Å². The molecule has 0 saturated heterocycles. The van der Waals surface area contributed by atoms with Gasteiger partial charge in [0.05, 0.1) is 12.3 Å². The Hall–Kier alpha value is -2.57. The molecule has 1 aromatic carbocycles. The lowest BCUT2D eigenvalue weighted by Crippen LogP contribution is -1.97. The summed E-state index contributed by atoms with van der Waals surface area (Å²) in [4.78, 5) is 0. The average molecular weight is 260 g/mol. The molecule has 0 fully saturated rings. The summed E-state index contributed by atoms with van der Waals surface area (Å²) in [6.45, 7) is 2.56. The normalized spacial score (nSPS) is 11.1. The molecule has 7 heteroatoms. The Morgan fingerprint density at radius 1 is 1.21 bits per heavy atom. The molecule has 1 aromatic heterocycles. The van der Waals surface area contributed by atoms with Gasteiger partial charge in [0.1, 0.15) is 5.75 Å². The summed E-state index contributed by atoms with van der Waals surface area (Å²) in [7, 11) is 1.70. The third-order valence-corrected chi connectivity index (χ3v) is 2.50. The van der Waals surface area contributed by atoms with Gasteiger partial charge in [-0.3, -0.25) is 0 Å². The summed E-state index contributed by atoms with van der Waals surface area (Å²) >= 11 is 0. The molecule has 100 valence electrons. The molecule has 0 unspecified atom stereocenters. The third-order valence-electron chi connectivity index (χ3n) is 2.50. The Kier molecular flexibility index (Phi) is 3.65. The van der Waals surface area contributed by atoms with E-state index >= 15 is 0 Å². The summed E-state index contributed by atoms with van der Waals surface area (Å²) < 4.78 is 6.80. The van der Waals surface area contributed by atoms with Gasteiger partial charge in [-0.2, -0.15) is 10.2 Å². The zero-order chi connectivity index (χ0) is 13.8. The number of rotatable bonds is 4. The van der Waals surface area contributed by atoms with Crippen molar-refractivity contribution < 1.29 is 4.74 Å². The number of aryl methyl sites for hydroxylation is 1. The summed E-state index contributed by atoms with van der Waals surface area (Å²) in [6, 6.07) is 7.26. The Bertz CT molecular complexity index is 587.